The molecule has 0 saturated heterocycles. The molecule has 0 bridgehead atoms. The fourth-order valence-corrected chi connectivity index (χ4v) is 1.77. The molecule has 16 heavy (non-hydrogen) atoms. The van der Waals surface area contributed by atoms with Crippen molar-refractivity contribution in [2.75, 3.05) is 6.61 Å². The highest BCUT2D eigenvalue weighted by Crippen LogP contribution is 2.29. The molecule has 4 nitrogen and oxygen atoms in total. The third kappa shape index (κ3) is 3.50. The number of carboxylic acids is 1. The maximum atomic E-state index is 10.6. The molecule has 1 rings (SSSR count). The van der Waals surface area contributed by atoms with E-state index >= 15 is 0 Å². The number of ether oxygens (including phenoxy) is 1. The van der Waals surface area contributed by atoms with Crippen LogP contribution in [0.1, 0.15) is 24.9 Å². The van der Waals surface area contributed by atoms with Gasteiger partial charge < -0.3 is 15.6 Å². The summed E-state index contributed by atoms with van der Waals surface area (Å²) in [6, 6.07) is 4.85. The first kappa shape index (κ1) is 13.0. The Morgan fingerprint density at radius 1 is 1.62 bits per heavy atom. The van der Waals surface area contributed by atoms with E-state index in [0.717, 1.165) is 4.47 Å². The number of rotatable bonds is 5. The molecular weight excluding hydrogens is 274 g/mol. The van der Waals surface area contributed by atoms with E-state index in [9.17, 15) is 4.79 Å². The number of aliphatic carboxylic acids is 1. The molecule has 0 heterocycles. The highest BCUT2D eigenvalue weighted by molar-refractivity contribution is 9.10. The Labute approximate surface area is 103 Å². The lowest BCUT2D eigenvalue weighted by atomic mass is 10.0. The van der Waals surface area contributed by atoms with Gasteiger partial charge >= 0.3 is 5.97 Å². The number of hydrogen-bond donors (Lipinski definition) is 2. The van der Waals surface area contributed by atoms with E-state index in [2.05, 4.69) is 15.9 Å². The molecule has 0 fully saturated rings. The van der Waals surface area contributed by atoms with Crippen LogP contribution in [0.4, 0.5) is 0 Å². The fourth-order valence-electron chi connectivity index (χ4n) is 1.39. The minimum atomic E-state index is -0.921. The molecule has 1 atom stereocenters. The Morgan fingerprint density at radius 3 is 2.88 bits per heavy atom. The van der Waals surface area contributed by atoms with Crippen LogP contribution in [0.3, 0.4) is 0 Å². The van der Waals surface area contributed by atoms with Gasteiger partial charge in [0.15, 0.2) is 0 Å². The van der Waals surface area contributed by atoms with Gasteiger partial charge in [-0.15, -0.1) is 0 Å². The maximum absolute atomic E-state index is 10.6. The smallest absolute Gasteiger partial charge is 0.305 e. The number of nitrogens with two attached hydrogens (primary N) is 1. The average Bonchev–Trinajstić information content (AvgIpc) is 2.20. The molecule has 0 aliphatic rings. The van der Waals surface area contributed by atoms with Crippen molar-refractivity contribution >= 4 is 21.9 Å². The molecule has 3 N–H and O–H groups in total. The first-order chi connectivity index (χ1) is 7.54. The van der Waals surface area contributed by atoms with Gasteiger partial charge in [0.1, 0.15) is 5.75 Å². The Morgan fingerprint density at radius 2 is 2.31 bits per heavy atom. The van der Waals surface area contributed by atoms with E-state index in [0.29, 0.717) is 17.9 Å². The summed E-state index contributed by atoms with van der Waals surface area (Å²) in [5.41, 5.74) is 6.52. The van der Waals surface area contributed by atoms with E-state index in [1.54, 1.807) is 12.1 Å². The van der Waals surface area contributed by atoms with Crippen molar-refractivity contribution in [2.24, 2.45) is 5.73 Å². The second-order valence-electron chi connectivity index (χ2n) is 3.32. The highest BCUT2D eigenvalue weighted by Gasteiger charge is 2.15. The largest absolute Gasteiger partial charge is 0.494 e. The van der Waals surface area contributed by atoms with Crippen molar-refractivity contribution in [3.05, 3.63) is 28.2 Å². The maximum Gasteiger partial charge on any atom is 0.305 e. The summed E-state index contributed by atoms with van der Waals surface area (Å²) in [5, 5.41) is 8.70. The summed E-state index contributed by atoms with van der Waals surface area (Å²) in [6.45, 7) is 2.39. The van der Waals surface area contributed by atoms with Gasteiger partial charge in [-0.2, -0.15) is 0 Å². The van der Waals surface area contributed by atoms with Crippen LogP contribution in [0, 0.1) is 0 Å². The minimum absolute atomic E-state index is 0.115. The molecule has 0 amide bonds. The summed E-state index contributed by atoms with van der Waals surface area (Å²) < 4.78 is 6.25. The fraction of sp³-hybridized carbons (Fsp3) is 0.364. The lowest BCUT2D eigenvalue weighted by Crippen LogP contribution is -2.16. The number of carbonyl (C=O) groups is 1. The normalized spacial score (nSPS) is 12.2. The van der Waals surface area contributed by atoms with Crippen molar-refractivity contribution in [1.82, 2.24) is 0 Å². The van der Waals surface area contributed by atoms with Gasteiger partial charge in [0.05, 0.1) is 13.0 Å². The molecule has 1 aromatic carbocycles. The van der Waals surface area contributed by atoms with Crippen LogP contribution in [0.15, 0.2) is 22.7 Å². The molecule has 0 aliphatic heterocycles. The monoisotopic (exact) mass is 287 g/mol. The number of halogens is 1. The van der Waals surface area contributed by atoms with Gasteiger partial charge in [-0.1, -0.05) is 15.9 Å². The number of carboxylic acid groups (broad SMARTS) is 1. The predicted molar refractivity (Wildman–Crippen MR) is 64.5 cm³/mol. The minimum Gasteiger partial charge on any atom is -0.494 e. The topological polar surface area (TPSA) is 72.5 Å². The molecule has 5 heteroatoms. The van der Waals surface area contributed by atoms with Crippen LogP contribution in [0.5, 0.6) is 5.75 Å². The second-order valence-corrected chi connectivity index (χ2v) is 4.24. The van der Waals surface area contributed by atoms with E-state index in [1.165, 1.54) is 0 Å². The van der Waals surface area contributed by atoms with Gasteiger partial charge in [-0.05, 0) is 25.1 Å². The van der Waals surface area contributed by atoms with Crippen molar-refractivity contribution < 1.29 is 14.6 Å². The van der Waals surface area contributed by atoms with Gasteiger partial charge in [-0.25, -0.2) is 0 Å². The van der Waals surface area contributed by atoms with Crippen molar-refractivity contribution in [1.29, 1.82) is 0 Å². The standard InChI is InChI=1S/C11H14BrNO3/c1-2-16-10-4-3-7(12)5-8(10)9(13)6-11(14)15/h3-5,9H,2,6,13H2,1H3,(H,14,15)/t9-/m1/s1. The first-order valence-corrected chi connectivity index (χ1v) is 5.73. The molecule has 0 aliphatic carbocycles. The third-order valence-electron chi connectivity index (χ3n) is 2.07. The van der Waals surface area contributed by atoms with Gasteiger partial charge in [0, 0.05) is 16.1 Å². The summed E-state index contributed by atoms with van der Waals surface area (Å²) in [4.78, 5) is 10.6. The molecule has 0 spiro atoms. The highest BCUT2D eigenvalue weighted by atomic mass is 79.9. The summed E-state index contributed by atoms with van der Waals surface area (Å²) >= 11 is 3.32. The van der Waals surface area contributed by atoms with Crippen molar-refractivity contribution in [2.45, 2.75) is 19.4 Å². The third-order valence-corrected chi connectivity index (χ3v) is 2.56. The van der Waals surface area contributed by atoms with Crippen LogP contribution >= 0.6 is 15.9 Å². The molecule has 1 aromatic rings. The Kier molecular flexibility index (Phi) is 4.76. The van der Waals surface area contributed by atoms with Crippen LogP contribution in [-0.2, 0) is 4.79 Å². The number of benzene rings is 1. The van der Waals surface area contributed by atoms with E-state index in [-0.39, 0.29) is 6.42 Å². The first-order valence-electron chi connectivity index (χ1n) is 4.94. The van der Waals surface area contributed by atoms with Crippen LogP contribution < -0.4 is 10.5 Å². The lowest BCUT2D eigenvalue weighted by molar-refractivity contribution is -0.137. The Balaban J connectivity index is 2.98. The summed E-state index contributed by atoms with van der Waals surface area (Å²) in [7, 11) is 0. The second kappa shape index (κ2) is 5.86. The molecule has 0 unspecified atom stereocenters. The zero-order chi connectivity index (χ0) is 12.1. The Hall–Kier alpha value is -1.07. The number of hydrogen-bond acceptors (Lipinski definition) is 3. The van der Waals surface area contributed by atoms with E-state index in [4.69, 9.17) is 15.6 Å². The lowest BCUT2D eigenvalue weighted by Gasteiger charge is -2.15. The van der Waals surface area contributed by atoms with Crippen LogP contribution in [-0.4, -0.2) is 17.7 Å². The van der Waals surface area contributed by atoms with Crippen molar-refractivity contribution in [3.63, 3.8) is 0 Å². The Bertz CT molecular complexity index is 381. The molecular formula is C11H14BrNO3. The zero-order valence-electron chi connectivity index (χ0n) is 8.94. The van der Waals surface area contributed by atoms with Crippen molar-refractivity contribution in [3.8, 4) is 5.75 Å². The predicted octanol–water partition coefficient (Wildman–Crippen LogP) is 2.32. The quantitative estimate of drug-likeness (QED) is 0.872. The van der Waals surface area contributed by atoms with Crippen LogP contribution in [0.25, 0.3) is 0 Å². The van der Waals surface area contributed by atoms with Gasteiger partial charge in [-0.3, -0.25) is 4.79 Å². The average molecular weight is 288 g/mol. The molecule has 0 saturated carbocycles. The molecule has 0 aromatic heterocycles. The van der Waals surface area contributed by atoms with Gasteiger partial charge in [0.25, 0.3) is 0 Å². The summed E-state index contributed by atoms with van der Waals surface area (Å²) in [5.74, 6) is -0.283. The zero-order valence-corrected chi connectivity index (χ0v) is 10.5. The van der Waals surface area contributed by atoms with E-state index in [1.807, 2.05) is 13.0 Å². The van der Waals surface area contributed by atoms with Crippen LogP contribution in [0.2, 0.25) is 0 Å². The molecule has 88 valence electrons. The van der Waals surface area contributed by atoms with E-state index < -0.39 is 12.0 Å². The van der Waals surface area contributed by atoms with Gasteiger partial charge in [0.2, 0.25) is 0 Å². The summed E-state index contributed by atoms with van der Waals surface area (Å²) in [6.07, 6.45) is -0.115. The SMILES string of the molecule is CCOc1ccc(Br)cc1[C@H](N)CC(=O)O. The molecule has 0 radical (unpaired) electrons.